The molecule has 8 heteroatoms. The number of fused-ring (bicyclic) bond motifs is 1. The number of hydroxylamine groups is 1. The average Bonchev–Trinajstić information content (AvgIpc) is 3.19. The van der Waals surface area contributed by atoms with Crippen molar-refractivity contribution in [2.75, 3.05) is 31.1 Å². The SMILES string of the molecule is O=C(NO)c1cnc(N2CCC3(CN(Cc4cccc5cccnc45)C3)C2)nc1. The first-order valence-electron chi connectivity index (χ1n) is 9.72. The average molecular weight is 390 g/mol. The van der Waals surface area contributed by atoms with Crippen LogP contribution in [0.2, 0.25) is 0 Å². The zero-order chi connectivity index (χ0) is 19.8. The van der Waals surface area contributed by atoms with E-state index in [-0.39, 0.29) is 11.0 Å². The van der Waals surface area contributed by atoms with Crippen molar-refractivity contribution in [2.24, 2.45) is 5.41 Å². The molecule has 0 radical (unpaired) electrons. The minimum absolute atomic E-state index is 0.240. The summed E-state index contributed by atoms with van der Waals surface area (Å²) >= 11 is 0. The lowest BCUT2D eigenvalue weighted by Gasteiger charge is -2.48. The number of benzene rings is 1. The van der Waals surface area contributed by atoms with Gasteiger partial charge in [-0.15, -0.1) is 0 Å². The van der Waals surface area contributed by atoms with Crippen molar-refractivity contribution >= 4 is 22.8 Å². The fourth-order valence-electron chi connectivity index (χ4n) is 4.58. The molecule has 0 bridgehead atoms. The Bertz CT molecular complexity index is 1040. The van der Waals surface area contributed by atoms with Crippen LogP contribution in [-0.2, 0) is 6.54 Å². The van der Waals surface area contributed by atoms with Crippen molar-refractivity contribution in [3.63, 3.8) is 0 Å². The number of rotatable bonds is 4. The molecule has 2 fully saturated rings. The Balaban J connectivity index is 1.22. The Morgan fingerprint density at radius 1 is 1.10 bits per heavy atom. The number of amides is 1. The number of para-hydroxylation sites is 1. The van der Waals surface area contributed by atoms with Gasteiger partial charge in [0.25, 0.3) is 5.91 Å². The molecule has 8 nitrogen and oxygen atoms in total. The molecule has 1 amide bonds. The number of likely N-dealkylation sites (tertiary alicyclic amines) is 1. The van der Waals surface area contributed by atoms with Crippen LogP contribution in [0.15, 0.2) is 48.9 Å². The molecule has 148 valence electrons. The second-order valence-corrected chi connectivity index (χ2v) is 8.02. The molecule has 1 spiro atoms. The molecule has 0 aliphatic carbocycles. The van der Waals surface area contributed by atoms with Crippen LogP contribution in [0, 0.1) is 5.41 Å². The maximum absolute atomic E-state index is 11.4. The van der Waals surface area contributed by atoms with E-state index in [1.54, 1.807) is 5.48 Å². The molecule has 2 aliphatic rings. The van der Waals surface area contributed by atoms with E-state index in [0.29, 0.717) is 5.95 Å². The van der Waals surface area contributed by atoms with Gasteiger partial charge in [0, 0.05) is 62.1 Å². The smallest absolute Gasteiger partial charge is 0.277 e. The molecule has 0 atom stereocenters. The summed E-state index contributed by atoms with van der Waals surface area (Å²) in [7, 11) is 0. The summed E-state index contributed by atoms with van der Waals surface area (Å²) in [6.45, 7) is 4.85. The molecule has 0 unspecified atom stereocenters. The molecule has 2 aliphatic heterocycles. The molecule has 3 aromatic rings. The van der Waals surface area contributed by atoms with Gasteiger partial charge in [-0.25, -0.2) is 15.4 Å². The van der Waals surface area contributed by atoms with Crippen molar-refractivity contribution in [3.05, 3.63) is 60.0 Å². The highest BCUT2D eigenvalue weighted by Gasteiger charge is 2.48. The van der Waals surface area contributed by atoms with Crippen molar-refractivity contribution in [3.8, 4) is 0 Å². The highest BCUT2D eigenvalue weighted by atomic mass is 16.5. The minimum Gasteiger partial charge on any atom is -0.340 e. The fourth-order valence-corrected chi connectivity index (χ4v) is 4.58. The number of nitrogens with one attached hydrogen (secondary N) is 1. The lowest BCUT2D eigenvalue weighted by atomic mass is 9.79. The largest absolute Gasteiger partial charge is 0.340 e. The number of anilines is 1. The van der Waals surface area contributed by atoms with Gasteiger partial charge in [0.2, 0.25) is 5.95 Å². The van der Waals surface area contributed by atoms with Crippen LogP contribution in [0.4, 0.5) is 5.95 Å². The number of hydrogen-bond donors (Lipinski definition) is 2. The van der Waals surface area contributed by atoms with Crippen LogP contribution < -0.4 is 10.4 Å². The van der Waals surface area contributed by atoms with Gasteiger partial charge in [-0.05, 0) is 18.1 Å². The highest BCUT2D eigenvalue weighted by molar-refractivity contribution is 5.92. The van der Waals surface area contributed by atoms with Gasteiger partial charge in [0.05, 0.1) is 11.1 Å². The van der Waals surface area contributed by atoms with Crippen molar-refractivity contribution in [1.82, 2.24) is 25.3 Å². The second kappa shape index (κ2) is 7.06. The van der Waals surface area contributed by atoms with E-state index < -0.39 is 5.91 Å². The monoisotopic (exact) mass is 390 g/mol. The van der Waals surface area contributed by atoms with Crippen LogP contribution in [-0.4, -0.2) is 57.1 Å². The van der Waals surface area contributed by atoms with Crippen molar-refractivity contribution in [2.45, 2.75) is 13.0 Å². The summed E-state index contributed by atoms with van der Waals surface area (Å²) in [5, 5.41) is 9.88. The number of nitrogens with zero attached hydrogens (tertiary/aromatic N) is 5. The van der Waals surface area contributed by atoms with Crippen LogP contribution in [0.25, 0.3) is 10.9 Å². The van der Waals surface area contributed by atoms with Gasteiger partial charge in [-0.1, -0.05) is 24.3 Å². The fraction of sp³-hybridized carbons (Fsp3) is 0.333. The van der Waals surface area contributed by atoms with E-state index in [2.05, 4.69) is 49.0 Å². The van der Waals surface area contributed by atoms with Gasteiger partial charge in [0.1, 0.15) is 0 Å². The Labute approximate surface area is 168 Å². The first-order chi connectivity index (χ1) is 14.2. The predicted molar refractivity (Wildman–Crippen MR) is 108 cm³/mol. The Kier molecular flexibility index (Phi) is 4.37. The van der Waals surface area contributed by atoms with E-state index >= 15 is 0 Å². The van der Waals surface area contributed by atoms with Crippen LogP contribution in [0.3, 0.4) is 0 Å². The van der Waals surface area contributed by atoms with Crippen molar-refractivity contribution in [1.29, 1.82) is 0 Å². The molecule has 4 heterocycles. The third-order valence-corrected chi connectivity index (χ3v) is 5.95. The maximum Gasteiger partial charge on any atom is 0.277 e. The van der Waals surface area contributed by atoms with Crippen molar-refractivity contribution < 1.29 is 10.0 Å². The van der Waals surface area contributed by atoms with E-state index in [1.807, 2.05) is 12.3 Å². The summed E-state index contributed by atoms with van der Waals surface area (Å²) in [5.74, 6) is 0.0278. The van der Waals surface area contributed by atoms with E-state index in [4.69, 9.17) is 5.21 Å². The number of carbonyl (C=O) groups is 1. The van der Waals surface area contributed by atoms with Crippen LogP contribution in [0.1, 0.15) is 22.3 Å². The topological polar surface area (TPSA) is 94.5 Å². The van der Waals surface area contributed by atoms with E-state index in [0.717, 1.165) is 44.7 Å². The standard InChI is InChI=1S/C21H22N6O2/c28-19(25-29)17-9-23-20(24-10-17)27-8-6-21(14-27)12-26(13-21)11-16-4-1-3-15-5-2-7-22-18(15)16/h1-5,7,9-10,29H,6,8,11-14H2,(H,25,28). The minimum atomic E-state index is -0.605. The molecular formula is C21H22N6O2. The molecule has 2 N–H and O–H groups in total. The Hall–Kier alpha value is -3.10. The number of carbonyl (C=O) groups excluding carboxylic acids is 1. The zero-order valence-corrected chi connectivity index (χ0v) is 16.0. The van der Waals surface area contributed by atoms with E-state index in [9.17, 15) is 4.79 Å². The van der Waals surface area contributed by atoms with E-state index in [1.165, 1.54) is 23.3 Å². The van der Waals surface area contributed by atoms with Gasteiger partial charge >= 0.3 is 0 Å². The summed E-state index contributed by atoms with van der Waals surface area (Å²) in [4.78, 5) is 29.2. The lowest BCUT2D eigenvalue weighted by molar-refractivity contribution is 0.0119. The Morgan fingerprint density at radius 2 is 1.90 bits per heavy atom. The zero-order valence-electron chi connectivity index (χ0n) is 16.0. The summed E-state index contributed by atoms with van der Waals surface area (Å²) in [6.07, 6.45) is 5.85. The van der Waals surface area contributed by atoms with Crippen LogP contribution >= 0.6 is 0 Å². The number of hydrogen-bond acceptors (Lipinski definition) is 7. The highest BCUT2D eigenvalue weighted by Crippen LogP contribution is 2.41. The molecule has 2 saturated heterocycles. The van der Waals surface area contributed by atoms with Gasteiger partial charge in [-0.2, -0.15) is 0 Å². The predicted octanol–water partition coefficient (Wildman–Crippen LogP) is 1.86. The van der Waals surface area contributed by atoms with Crippen LogP contribution in [0.5, 0.6) is 0 Å². The second-order valence-electron chi connectivity index (χ2n) is 8.02. The Morgan fingerprint density at radius 3 is 2.69 bits per heavy atom. The molecule has 29 heavy (non-hydrogen) atoms. The molecular weight excluding hydrogens is 368 g/mol. The number of aromatic nitrogens is 3. The molecule has 0 saturated carbocycles. The normalized spacial score (nSPS) is 18.2. The first-order valence-corrected chi connectivity index (χ1v) is 9.72. The van der Waals surface area contributed by atoms with Gasteiger partial charge in [0.15, 0.2) is 0 Å². The van der Waals surface area contributed by atoms with Gasteiger partial charge < -0.3 is 4.90 Å². The van der Waals surface area contributed by atoms with Gasteiger partial charge in [-0.3, -0.25) is 19.9 Å². The molecule has 5 rings (SSSR count). The third-order valence-electron chi connectivity index (χ3n) is 5.95. The summed E-state index contributed by atoms with van der Waals surface area (Å²) < 4.78 is 0. The summed E-state index contributed by atoms with van der Waals surface area (Å²) in [6, 6.07) is 10.5. The molecule has 2 aromatic heterocycles. The first kappa shape index (κ1) is 18.0. The third kappa shape index (κ3) is 3.30. The number of pyridine rings is 1. The lowest BCUT2D eigenvalue weighted by Crippen LogP contribution is -2.56. The maximum atomic E-state index is 11.4. The quantitative estimate of drug-likeness (QED) is 0.519. The summed E-state index contributed by atoms with van der Waals surface area (Å²) in [5.41, 5.74) is 4.47. The molecule has 1 aromatic carbocycles.